The first-order valence-electron chi connectivity index (χ1n) is 3.46. The Kier molecular flexibility index (Phi) is 15.1. The molecule has 0 fully saturated rings. The molecule has 0 radical (unpaired) electrons. The molecule has 0 aromatic carbocycles. The summed E-state index contributed by atoms with van der Waals surface area (Å²) in [4.78, 5) is 2.00. The van der Waals surface area contributed by atoms with Crippen LogP contribution in [0.4, 0.5) is 0 Å². The third kappa shape index (κ3) is 60.0. The summed E-state index contributed by atoms with van der Waals surface area (Å²) in [5, 5.41) is 0. The molecule has 0 aliphatic carbocycles. The van der Waals surface area contributed by atoms with Crippen LogP contribution in [-0.2, 0) is 0 Å². The van der Waals surface area contributed by atoms with E-state index in [4.69, 9.17) is 0 Å². The van der Waals surface area contributed by atoms with Crippen LogP contribution in [-0.4, -0.2) is 32.2 Å². The predicted molar refractivity (Wildman–Crippen MR) is 49.1 cm³/mol. The van der Waals surface area contributed by atoms with Crippen LogP contribution in [0.1, 0.15) is 19.8 Å². The van der Waals surface area contributed by atoms with Crippen molar-refractivity contribution >= 4 is 9.24 Å². The standard InChI is InChI=1S/C4H11P.C3H9N/c1-2-3-4-5;1-4(2)3/h2-5H2,1H3;1-3H3. The molecule has 1 nitrogen and oxygen atoms in total. The second-order valence-corrected chi connectivity index (χ2v) is 3.06. The van der Waals surface area contributed by atoms with Crippen molar-refractivity contribution in [2.75, 3.05) is 27.3 Å². The number of hydrogen-bond donors (Lipinski definition) is 0. The molecule has 0 amide bonds. The molecular weight excluding hydrogens is 129 g/mol. The quantitative estimate of drug-likeness (QED) is 0.541. The summed E-state index contributed by atoms with van der Waals surface area (Å²) in [6.07, 6.45) is 3.94. The Bertz CT molecular complexity index is 33.1. The molecule has 0 aromatic rings. The van der Waals surface area contributed by atoms with Gasteiger partial charge in [0.1, 0.15) is 0 Å². The zero-order valence-corrected chi connectivity index (χ0v) is 8.30. The predicted octanol–water partition coefficient (Wildman–Crippen LogP) is 1.84. The van der Waals surface area contributed by atoms with Crippen molar-refractivity contribution < 1.29 is 0 Å². The van der Waals surface area contributed by atoms with Crippen LogP contribution in [0, 0.1) is 0 Å². The van der Waals surface area contributed by atoms with Crippen LogP contribution in [0.25, 0.3) is 0 Å². The van der Waals surface area contributed by atoms with Crippen LogP contribution in [0.15, 0.2) is 0 Å². The van der Waals surface area contributed by atoms with Gasteiger partial charge in [0.2, 0.25) is 0 Å². The number of hydrogen-bond acceptors (Lipinski definition) is 1. The summed E-state index contributed by atoms with van der Waals surface area (Å²) in [5.74, 6) is 0. The van der Waals surface area contributed by atoms with E-state index in [1.54, 1.807) is 0 Å². The highest BCUT2D eigenvalue weighted by Gasteiger charge is 1.68. The van der Waals surface area contributed by atoms with Gasteiger partial charge in [-0.25, -0.2) is 0 Å². The molecule has 0 aromatic heterocycles. The van der Waals surface area contributed by atoms with Crippen LogP contribution in [0.3, 0.4) is 0 Å². The lowest BCUT2D eigenvalue weighted by atomic mass is 10.4. The fourth-order valence-corrected chi connectivity index (χ4v) is 0.612. The van der Waals surface area contributed by atoms with E-state index in [0.717, 1.165) is 0 Å². The Morgan fingerprint density at radius 3 is 1.56 bits per heavy atom. The third-order valence-electron chi connectivity index (χ3n) is 0.558. The summed E-state index contributed by atoms with van der Waals surface area (Å²) in [5.41, 5.74) is 0. The van der Waals surface area contributed by atoms with E-state index < -0.39 is 0 Å². The largest absolute Gasteiger partial charge is 0.312 e. The van der Waals surface area contributed by atoms with Gasteiger partial charge in [-0.15, -0.1) is 9.24 Å². The minimum atomic E-state index is 1.26. The van der Waals surface area contributed by atoms with Gasteiger partial charge in [0.25, 0.3) is 0 Å². The van der Waals surface area contributed by atoms with Gasteiger partial charge in [-0.3, -0.25) is 0 Å². The Balaban J connectivity index is 0. The zero-order chi connectivity index (χ0) is 7.70. The van der Waals surface area contributed by atoms with Crippen LogP contribution >= 0.6 is 9.24 Å². The molecule has 1 atom stereocenters. The van der Waals surface area contributed by atoms with Crippen molar-refractivity contribution in [2.24, 2.45) is 0 Å². The van der Waals surface area contributed by atoms with E-state index in [-0.39, 0.29) is 0 Å². The SMILES string of the molecule is CCCCP.CN(C)C. The topological polar surface area (TPSA) is 3.24 Å². The smallest absolute Gasteiger partial charge is 0.0140 e. The molecule has 0 saturated heterocycles. The number of nitrogens with zero attached hydrogens (tertiary/aromatic N) is 1. The fourth-order valence-electron chi connectivity index (χ4n) is 0.204. The second-order valence-electron chi connectivity index (χ2n) is 2.48. The third-order valence-corrected chi connectivity index (χ3v) is 0.966. The first-order valence-corrected chi connectivity index (χ1v) is 4.27. The summed E-state index contributed by atoms with van der Waals surface area (Å²) >= 11 is 0. The van der Waals surface area contributed by atoms with Gasteiger partial charge in [0.15, 0.2) is 0 Å². The van der Waals surface area contributed by atoms with Crippen molar-refractivity contribution in [1.82, 2.24) is 4.90 Å². The van der Waals surface area contributed by atoms with Crippen LogP contribution in [0.2, 0.25) is 0 Å². The van der Waals surface area contributed by atoms with Crippen molar-refractivity contribution in [3.63, 3.8) is 0 Å². The van der Waals surface area contributed by atoms with Gasteiger partial charge in [-0.2, -0.15) is 0 Å². The van der Waals surface area contributed by atoms with E-state index in [1.165, 1.54) is 19.0 Å². The summed E-state index contributed by atoms with van der Waals surface area (Å²) in [6, 6.07) is 0. The van der Waals surface area contributed by atoms with Crippen molar-refractivity contribution in [3.05, 3.63) is 0 Å². The fraction of sp³-hybridized carbons (Fsp3) is 1.00. The van der Waals surface area contributed by atoms with Crippen LogP contribution < -0.4 is 0 Å². The van der Waals surface area contributed by atoms with Crippen molar-refractivity contribution in [3.8, 4) is 0 Å². The maximum atomic E-state index is 2.70. The molecular formula is C7H20NP. The Morgan fingerprint density at radius 2 is 1.56 bits per heavy atom. The van der Waals surface area contributed by atoms with Gasteiger partial charge in [-0.05, 0) is 27.3 Å². The molecule has 2 heteroatoms. The Hall–Kier alpha value is 0.390. The molecule has 0 rings (SSSR count). The molecule has 0 heterocycles. The van der Waals surface area contributed by atoms with Gasteiger partial charge in [0, 0.05) is 0 Å². The first-order chi connectivity index (χ1) is 4.15. The highest BCUT2D eigenvalue weighted by Crippen LogP contribution is 1.89. The maximum absolute atomic E-state index is 2.70. The highest BCUT2D eigenvalue weighted by molar-refractivity contribution is 7.16. The first kappa shape index (κ1) is 12.1. The van der Waals surface area contributed by atoms with Gasteiger partial charge >= 0.3 is 0 Å². The maximum Gasteiger partial charge on any atom is -0.0140 e. The molecule has 0 spiro atoms. The van der Waals surface area contributed by atoms with Gasteiger partial charge in [0.05, 0.1) is 0 Å². The summed E-state index contributed by atoms with van der Waals surface area (Å²) < 4.78 is 0. The molecule has 0 saturated carbocycles. The molecule has 0 aliphatic rings. The van der Waals surface area contributed by atoms with E-state index in [1.807, 2.05) is 26.0 Å². The normalized spacial score (nSPS) is 8.67. The number of rotatable bonds is 2. The van der Waals surface area contributed by atoms with Gasteiger partial charge in [-0.1, -0.05) is 19.8 Å². The minimum absolute atomic E-state index is 1.26. The molecule has 0 aliphatic heterocycles. The summed E-state index contributed by atoms with van der Waals surface area (Å²) in [6.45, 7) is 2.20. The molecule has 0 bridgehead atoms. The van der Waals surface area contributed by atoms with E-state index in [2.05, 4.69) is 16.2 Å². The van der Waals surface area contributed by atoms with Gasteiger partial charge < -0.3 is 4.90 Å². The average Bonchev–Trinajstić information content (AvgIpc) is 1.66. The van der Waals surface area contributed by atoms with E-state index in [9.17, 15) is 0 Å². The molecule has 0 N–H and O–H groups in total. The summed E-state index contributed by atoms with van der Waals surface area (Å²) in [7, 11) is 8.70. The van der Waals surface area contributed by atoms with Crippen LogP contribution in [0.5, 0.6) is 0 Å². The molecule has 9 heavy (non-hydrogen) atoms. The second kappa shape index (κ2) is 11.2. The lowest BCUT2D eigenvalue weighted by molar-refractivity contribution is 0.505. The Labute approximate surface area is 62.0 Å². The highest BCUT2D eigenvalue weighted by atomic mass is 31.0. The average molecular weight is 149 g/mol. The zero-order valence-electron chi connectivity index (χ0n) is 7.15. The monoisotopic (exact) mass is 149 g/mol. The lowest BCUT2D eigenvalue weighted by Gasteiger charge is -1.90. The van der Waals surface area contributed by atoms with Crippen molar-refractivity contribution in [1.29, 1.82) is 0 Å². The molecule has 1 unspecified atom stereocenters. The van der Waals surface area contributed by atoms with E-state index >= 15 is 0 Å². The lowest BCUT2D eigenvalue weighted by Crippen LogP contribution is -1.99. The van der Waals surface area contributed by atoms with Crippen molar-refractivity contribution in [2.45, 2.75) is 19.8 Å². The minimum Gasteiger partial charge on any atom is -0.312 e. The molecule has 58 valence electrons. The number of unbranched alkanes of at least 4 members (excludes halogenated alkanes) is 1. The van der Waals surface area contributed by atoms with E-state index in [0.29, 0.717) is 0 Å². The Morgan fingerprint density at radius 1 is 1.22 bits per heavy atom.